The van der Waals surface area contributed by atoms with E-state index < -0.39 is 10.0 Å². The Labute approximate surface area is 205 Å². The predicted molar refractivity (Wildman–Crippen MR) is 136 cm³/mol. The lowest BCUT2D eigenvalue weighted by Crippen LogP contribution is -2.40. The number of aryl methyl sites for hydroxylation is 1. The molecule has 1 amide bonds. The molecule has 4 aromatic rings. The van der Waals surface area contributed by atoms with Crippen LogP contribution in [0.2, 0.25) is 5.02 Å². The topological polar surface area (TPSA) is 66.5 Å². The summed E-state index contributed by atoms with van der Waals surface area (Å²) in [6.45, 7) is 1.95. The van der Waals surface area contributed by atoms with E-state index in [9.17, 15) is 13.2 Å². The largest absolute Gasteiger partial charge is 0.351 e. The lowest BCUT2D eigenvalue weighted by molar-refractivity contribution is -0.121. The summed E-state index contributed by atoms with van der Waals surface area (Å²) in [5.74, 6) is -0.377. The maximum Gasteiger partial charge on any atom is 0.243 e. The van der Waals surface area contributed by atoms with E-state index >= 15 is 0 Å². The fourth-order valence-electron chi connectivity index (χ4n) is 3.74. The van der Waals surface area contributed by atoms with Gasteiger partial charge < -0.3 is 5.32 Å². The van der Waals surface area contributed by atoms with E-state index in [1.165, 1.54) is 4.31 Å². The third-order valence-corrected chi connectivity index (χ3v) is 7.66. The fourth-order valence-corrected chi connectivity index (χ4v) is 5.25. The molecule has 0 unspecified atom stereocenters. The van der Waals surface area contributed by atoms with Crippen LogP contribution in [-0.4, -0.2) is 25.2 Å². The van der Waals surface area contributed by atoms with Crippen molar-refractivity contribution >= 4 is 38.3 Å². The molecular formula is C27H25ClN2O3S. The highest BCUT2D eigenvalue weighted by Crippen LogP contribution is 2.21. The molecule has 0 spiro atoms. The van der Waals surface area contributed by atoms with Crippen LogP contribution in [0.25, 0.3) is 10.8 Å². The van der Waals surface area contributed by atoms with E-state index in [0.717, 1.165) is 27.5 Å². The molecule has 1 N–H and O–H groups in total. The van der Waals surface area contributed by atoms with E-state index in [1.54, 1.807) is 48.5 Å². The van der Waals surface area contributed by atoms with Gasteiger partial charge in [0.1, 0.15) is 0 Å². The van der Waals surface area contributed by atoms with Crippen LogP contribution >= 0.6 is 11.6 Å². The van der Waals surface area contributed by atoms with Crippen LogP contribution in [0.5, 0.6) is 0 Å². The van der Waals surface area contributed by atoms with Crippen molar-refractivity contribution in [3.63, 3.8) is 0 Å². The number of benzene rings is 4. The molecule has 0 radical (unpaired) electrons. The molecule has 7 heteroatoms. The van der Waals surface area contributed by atoms with E-state index in [-0.39, 0.29) is 23.9 Å². The number of carbonyl (C=O) groups excluding carboxylic acids is 1. The summed E-state index contributed by atoms with van der Waals surface area (Å²) in [6, 6.07) is 27.4. The van der Waals surface area contributed by atoms with Gasteiger partial charge in [0.2, 0.25) is 15.9 Å². The average Bonchev–Trinajstić information content (AvgIpc) is 2.84. The van der Waals surface area contributed by atoms with E-state index in [2.05, 4.69) is 5.32 Å². The van der Waals surface area contributed by atoms with Crippen molar-refractivity contribution in [1.82, 2.24) is 9.62 Å². The van der Waals surface area contributed by atoms with Gasteiger partial charge in [0.15, 0.2) is 0 Å². The molecule has 0 aliphatic heterocycles. The number of amides is 1. The molecule has 0 atom stereocenters. The van der Waals surface area contributed by atoms with Gasteiger partial charge in [0.05, 0.1) is 11.4 Å². The van der Waals surface area contributed by atoms with Crippen molar-refractivity contribution in [2.45, 2.75) is 24.9 Å². The van der Waals surface area contributed by atoms with Gasteiger partial charge in [0, 0.05) is 18.1 Å². The normalized spacial score (nSPS) is 11.6. The average molecular weight is 493 g/mol. The molecule has 0 aliphatic rings. The minimum Gasteiger partial charge on any atom is -0.351 e. The van der Waals surface area contributed by atoms with Crippen molar-refractivity contribution in [1.29, 1.82) is 0 Å². The summed E-state index contributed by atoms with van der Waals surface area (Å²) in [5.41, 5.74) is 2.66. The highest BCUT2D eigenvalue weighted by Gasteiger charge is 2.27. The molecule has 4 aromatic carbocycles. The minimum atomic E-state index is -3.90. The summed E-state index contributed by atoms with van der Waals surface area (Å²) in [4.78, 5) is 13.0. The highest BCUT2D eigenvalue weighted by molar-refractivity contribution is 7.89. The Kier molecular flexibility index (Phi) is 7.32. The van der Waals surface area contributed by atoms with Crippen LogP contribution in [0.4, 0.5) is 0 Å². The molecule has 0 aromatic heterocycles. The Morgan fingerprint density at radius 3 is 2.29 bits per heavy atom. The van der Waals surface area contributed by atoms with Gasteiger partial charge in [-0.05, 0) is 53.1 Å². The first-order valence-corrected chi connectivity index (χ1v) is 12.7. The van der Waals surface area contributed by atoms with Crippen LogP contribution in [0, 0.1) is 6.92 Å². The minimum absolute atomic E-state index is 0.0507. The van der Waals surface area contributed by atoms with Crippen LogP contribution in [-0.2, 0) is 27.9 Å². The van der Waals surface area contributed by atoms with E-state index in [1.807, 2.05) is 49.4 Å². The van der Waals surface area contributed by atoms with Crippen LogP contribution in [0.1, 0.15) is 16.7 Å². The van der Waals surface area contributed by atoms with Gasteiger partial charge in [-0.2, -0.15) is 4.31 Å². The van der Waals surface area contributed by atoms with Gasteiger partial charge in [-0.3, -0.25) is 4.79 Å². The van der Waals surface area contributed by atoms with Crippen molar-refractivity contribution in [3.8, 4) is 0 Å². The lowest BCUT2D eigenvalue weighted by atomic mass is 10.0. The molecule has 4 rings (SSSR count). The first-order chi connectivity index (χ1) is 16.3. The fraction of sp³-hybridized carbons (Fsp3) is 0.148. The Hall–Kier alpha value is -3.19. The second kappa shape index (κ2) is 10.4. The molecule has 0 fully saturated rings. The standard InChI is InChI=1S/C27H25ClN2O3S/c1-20-9-15-25(16-10-20)34(32,33)30(18-21-11-13-24(28)14-12-21)19-27(31)29-17-23-7-4-6-22-5-2-3-8-26(22)23/h2-16H,17-19H2,1H3,(H,29,31). The first kappa shape index (κ1) is 24.0. The molecular weight excluding hydrogens is 468 g/mol. The zero-order valence-electron chi connectivity index (χ0n) is 18.7. The molecule has 0 heterocycles. The zero-order chi connectivity index (χ0) is 24.1. The number of nitrogens with zero attached hydrogens (tertiary/aromatic N) is 1. The van der Waals surface area contributed by atoms with Gasteiger partial charge in [0.25, 0.3) is 0 Å². The van der Waals surface area contributed by atoms with Crippen molar-refractivity contribution in [2.75, 3.05) is 6.54 Å². The number of hydrogen-bond acceptors (Lipinski definition) is 3. The molecule has 0 bridgehead atoms. The summed E-state index contributed by atoms with van der Waals surface area (Å²) in [7, 11) is -3.90. The Bertz CT molecular complexity index is 1400. The molecule has 5 nitrogen and oxygen atoms in total. The van der Waals surface area contributed by atoms with Crippen LogP contribution in [0.3, 0.4) is 0 Å². The second-order valence-electron chi connectivity index (χ2n) is 8.13. The predicted octanol–water partition coefficient (Wildman–Crippen LogP) is 5.31. The Morgan fingerprint density at radius 1 is 0.882 bits per heavy atom. The van der Waals surface area contributed by atoms with Crippen molar-refractivity contribution < 1.29 is 13.2 Å². The summed E-state index contributed by atoms with van der Waals surface area (Å²) in [6.07, 6.45) is 0. The van der Waals surface area contributed by atoms with Gasteiger partial charge in [-0.25, -0.2) is 8.42 Å². The monoisotopic (exact) mass is 492 g/mol. The molecule has 0 saturated heterocycles. The van der Waals surface area contributed by atoms with Gasteiger partial charge in [-0.1, -0.05) is 83.9 Å². The lowest BCUT2D eigenvalue weighted by Gasteiger charge is -2.22. The smallest absolute Gasteiger partial charge is 0.243 e. The molecule has 174 valence electrons. The number of rotatable bonds is 8. The quantitative estimate of drug-likeness (QED) is 0.362. The number of nitrogens with one attached hydrogen (secondary N) is 1. The number of carbonyl (C=O) groups is 1. The first-order valence-electron chi connectivity index (χ1n) is 10.9. The van der Waals surface area contributed by atoms with Crippen molar-refractivity contribution in [2.24, 2.45) is 0 Å². The van der Waals surface area contributed by atoms with Crippen LogP contribution < -0.4 is 5.32 Å². The molecule has 0 saturated carbocycles. The SMILES string of the molecule is Cc1ccc(S(=O)(=O)N(CC(=O)NCc2cccc3ccccc23)Cc2ccc(Cl)cc2)cc1. The maximum absolute atomic E-state index is 13.4. The van der Waals surface area contributed by atoms with Gasteiger partial charge >= 0.3 is 0 Å². The number of fused-ring (bicyclic) bond motifs is 1. The Morgan fingerprint density at radius 2 is 1.56 bits per heavy atom. The third kappa shape index (κ3) is 5.65. The molecule has 0 aliphatic carbocycles. The van der Waals surface area contributed by atoms with Crippen molar-refractivity contribution in [3.05, 3.63) is 113 Å². The highest BCUT2D eigenvalue weighted by atomic mass is 35.5. The Balaban J connectivity index is 1.55. The summed E-state index contributed by atoms with van der Waals surface area (Å²) in [5, 5.41) is 5.58. The van der Waals surface area contributed by atoms with E-state index in [0.29, 0.717) is 11.6 Å². The van der Waals surface area contributed by atoms with E-state index in [4.69, 9.17) is 11.6 Å². The molecule has 34 heavy (non-hydrogen) atoms. The second-order valence-corrected chi connectivity index (χ2v) is 10.5. The summed E-state index contributed by atoms with van der Waals surface area (Å²) < 4.78 is 28.0. The summed E-state index contributed by atoms with van der Waals surface area (Å²) >= 11 is 5.98. The van der Waals surface area contributed by atoms with Crippen LogP contribution in [0.15, 0.2) is 95.9 Å². The number of halogens is 1. The van der Waals surface area contributed by atoms with Gasteiger partial charge in [-0.15, -0.1) is 0 Å². The number of hydrogen-bond donors (Lipinski definition) is 1. The number of sulfonamides is 1. The zero-order valence-corrected chi connectivity index (χ0v) is 20.3. The third-order valence-electron chi connectivity index (χ3n) is 5.61. The maximum atomic E-state index is 13.4.